The van der Waals surface area contributed by atoms with Gasteiger partial charge in [0.2, 0.25) is 0 Å². The van der Waals surface area contributed by atoms with E-state index in [1.807, 2.05) is 0 Å². The smallest absolute Gasteiger partial charge is 0.260 e. The van der Waals surface area contributed by atoms with E-state index >= 15 is 0 Å². The van der Waals surface area contributed by atoms with Crippen LogP contribution in [0.4, 0.5) is 10.2 Å². The first-order valence-corrected chi connectivity index (χ1v) is 5.98. The molecule has 2 aromatic rings. The number of aromatic nitrogens is 2. The number of nitrogens with one attached hydrogen (secondary N) is 1. The molecule has 1 amide bonds. The molecular formula is C11H6BrClFN3O. The van der Waals surface area contributed by atoms with Gasteiger partial charge in [-0.1, -0.05) is 17.7 Å². The van der Waals surface area contributed by atoms with E-state index in [0.717, 1.165) is 0 Å². The number of benzene rings is 1. The average Bonchev–Trinajstić information content (AvgIpc) is 2.32. The number of hydrogen-bond acceptors (Lipinski definition) is 3. The van der Waals surface area contributed by atoms with Crippen molar-refractivity contribution in [2.45, 2.75) is 0 Å². The molecule has 92 valence electrons. The van der Waals surface area contributed by atoms with Crippen molar-refractivity contribution in [2.75, 3.05) is 5.32 Å². The van der Waals surface area contributed by atoms with Gasteiger partial charge in [0, 0.05) is 4.47 Å². The van der Waals surface area contributed by atoms with Gasteiger partial charge in [-0.05, 0) is 28.1 Å². The van der Waals surface area contributed by atoms with E-state index in [4.69, 9.17) is 11.6 Å². The first kappa shape index (κ1) is 12.9. The molecule has 1 heterocycles. The molecule has 18 heavy (non-hydrogen) atoms. The van der Waals surface area contributed by atoms with E-state index in [-0.39, 0.29) is 16.5 Å². The summed E-state index contributed by atoms with van der Waals surface area (Å²) >= 11 is 8.68. The first-order valence-electron chi connectivity index (χ1n) is 4.81. The third-order valence-electron chi connectivity index (χ3n) is 2.05. The van der Waals surface area contributed by atoms with E-state index in [1.165, 1.54) is 24.5 Å². The van der Waals surface area contributed by atoms with Crippen LogP contribution in [0.15, 0.2) is 35.1 Å². The molecule has 0 saturated carbocycles. The summed E-state index contributed by atoms with van der Waals surface area (Å²) in [5, 5.41) is 2.63. The van der Waals surface area contributed by atoms with E-state index < -0.39 is 11.7 Å². The van der Waals surface area contributed by atoms with Gasteiger partial charge in [0.1, 0.15) is 11.0 Å². The lowest BCUT2D eigenvalue weighted by Gasteiger charge is -2.06. The van der Waals surface area contributed by atoms with Crippen molar-refractivity contribution in [3.63, 3.8) is 0 Å². The zero-order valence-electron chi connectivity index (χ0n) is 8.82. The van der Waals surface area contributed by atoms with Gasteiger partial charge in [-0.3, -0.25) is 4.79 Å². The summed E-state index contributed by atoms with van der Waals surface area (Å²) in [6.45, 7) is 0. The molecule has 1 aromatic heterocycles. The summed E-state index contributed by atoms with van der Waals surface area (Å²) in [6, 6.07) is 4.27. The van der Waals surface area contributed by atoms with Crippen molar-refractivity contribution < 1.29 is 9.18 Å². The highest BCUT2D eigenvalue weighted by atomic mass is 79.9. The Balaban J connectivity index is 2.25. The minimum atomic E-state index is -0.621. The van der Waals surface area contributed by atoms with Gasteiger partial charge < -0.3 is 5.32 Å². The Morgan fingerprint density at radius 1 is 1.33 bits per heavy atom. The van der Waals surface area contributed by atoms with Crippen molar-refractivity contribution in [3.05, 3.63) is 51.6 Å². The van der Waals surface area contributed by atoms with Gasteiger partial charge in [-0.25, -0.2) is 14.4 Å². The minimum Gasteiger partial charge on any atom is -0.305 e. The number of rotatable bonds is 2. The Hall–Kier alpha value is -1.53. The SMILES string of the molecule is O=C(Nc1cnc(Cl)cn1)c1c(F)cccc1Br. The summed E-state index contributed by atoms with van der Waals surface area (Å²) in [4.78, 5) is 19.5. The molecule has 0 aliphatic rings. The van der Waals surface area contributed by atoms with Crippen molar-refractivity contribution in [3.8, 4) is 0 Å². The van der Waals surface area contributed by atoms with Crippen molar-refractivity contribution >= 4 is 39.3 Å². The van der Waals surface area contributed by atoms with Crippen LogP contribution < -0.4 is 5.32 Å². The molecule has 0 saturated heterocycles. The molecule has 0 aliphatic carbocycles. The fourth-order valence-electron chi connectivity index (χ4n) is 1.27. The second-order valence-electron chi connectivity index (χ2n) is 3.28. The molecule has 2 rings (SSSR count). The van der Waals surface area contributed by atoms with Gasteiger partial charge in [-0.2, -0.15) is 0 Å². The van der Waals surface area contributed by atoms with Crippen LogP contribution in [0.3, 0.4) is 0 Å². The van der Waals surface area contributed by atoms with Gasteiger partial charge in [-0.15, -0.1) is 0 Å². The molecule has 0 unspecified atom stereocenters. The van der Waals surface area contributed by atoms with E-state index in [9.17, 15) is 9.18 Å². The lowest BCUT2D eigenvalue weighted by molar-refractivity contribution is 0.102. The highest BCUT2D eigenvalue weighted by Crippen LogP contribution is 2.20. The molecule has 0 fully saturated rings. The number of carbonyl (C=O) groups excluding carboxylic acids is 1. The maximum absolute atomic E-state index is 13.5. The van der Waals surface area contributed by atoms with Gasteiger partial charge in [0.05, 0.1) is 18.0 Å². The Bertz CT molecular complexity index is 571. The highest BCUT2D eigenvalue weighted by molar-refractivity contribution is 9.10. The zero-order valence-corrected chi connectivity index (χ0v) is 11.2. The second kappa shape index (κ2) is 5.41. The van der Waals surface area contributed by atoms with Crippen LogP contribution in [0.1, 0.15) is 10.4 Å². The zero-order chi connectivity index (χ0) is 13.1. The van der Waals surface area contributed by atoms with Crippen LogP contribution in [0.25, 0.3) is 0 Å². The molecule has 1 N–H and O–H groups in total. The summed E-state index contributed by atoms with van der Waals surface area (Å²) in [6.07, 6.45) is 2.57. The van der Waals surface area contributed by atoms with Crippen LogP contribution in [0, 0.1) is 5.82 Å². The van der Waals surface area contributed by atoms with E-state index in [2.05, 4.69) is 31.2 Å². The predicted octanol–water partition coefficient (Wildman–Crippen LogP) is 3.28. The molecular weight excluding hydrogens is 324 g/mol. The third kappa shape index (κ3) is 2.83. The molecule has 0 radical (unpaired) electrons. The lowest BCUT2D eigenvalue weighted by Crippen LogP contribution is -2.15. The first-order chi connectivity index (χ1) is 8.58. The molecule has 0 aliphatic heterocycles. The molecule has 0 spiro atoms. The van der Waals surface area contributed by atoms with Crippen molar-refractivity contribution in [2.24, 2.45) is 0 Å². The molecule has 4 nitrogen and oxygen atoms in total. The van der Waals surface area contributed by atoms with Gasteiger partial charge in [0.15, 0.2) is 5.82 Å². The summed E-state index contributed by atoms with van der Waals surface area (Å²) < 4.78 is 13.9. The summed E-state index contributed by atoms with van der Waals surface area (Å²) in [5.41, 5.74) is -0.0887. The Morgan fingerprint density at radius 3 is 2.72 bits per heavy atom. The van der Waals surface area contributed by atoms with Gasteiger partial charge >= 0.3 is 0 Å². The number of anilines is 1. The van der Waals surface area contributed by atoms with Crippen molar-refractivity contribution in [1.82, 2.24) is 9.97 Å². The lowest BCUT2D eigenvalue weighted by atomic mass is 10.2. The Morgan fingerprint density at radius 2 is 2.11 bits per heavy atom. The minimum absolute atomic E-state index is 0.0887. The number of halogens is 3. The molecule has 7 heteroatoms. The topological polar surface area (TPSA) is 54.9 Å². The number of amides is 1. The van der Waals surface area contributed by atoms with Crippen LogP contribution in [0.5, 0.6) is 0 Å². The maximum Gasteiger partial charge on any atom is 0.260 e. The van der Waals surface area contributed by atoms with Crippen LogP contribution in [0.2, 0.25) is 5.15 Å². The monoisotopic (exact) mass is 329 g/mol. The summed E-state index contributed by atoms with van der Waals surface area (Å²) in [5.74, 6) is -1.04. The Kier molecular flexibility index (Phi) is 3.88. The quantitative estimate of drug-likeness (QED) is 0.919. The number of carbonyl (C=O) groups is 1. The van der Waals surface area contributed by atoms with Crippen LogP contribution in [-0.4, -0.2) is 15.9 Å². The molecule has 0 bridgehead atoms. The number of hydrogen-bond donors (Lipinski definition) is 1. The summed E-state index contributed by atoms with van der Waals surface area (Å²) in [7, 11) is 0. The van der Waals surface area contributed by atoms with E-state index in [1.54, 1.807) is 6.07 Å². The average molecular weight is 331 g/mol. The molecule has 1 aromatic carbocycles. The third-order valence-corrected chi connectivity index (χ3v) is 2.91. The standard InChI is InChI=1S/C11H6BrClFN3O/c12-6-2-1-3-7(14)10(6)11(18)17-9-5-15-8(13)4-16-9/h1-5H,(H,16,17,18). The highest BCUT2D eigenvalue weighted by Gasteiger charge is 2.15. The maximum atomic E-state index is 13.5. The van der Waals surface area contributed by atoms with Crippen LogP contribution in [-0.2, 0) is 0 Å². The van der Waals surface area contributed by atoms with Gasteiger partial charge in [0.25, 0.3) is 5.91 Å². The second-order valence-corrected chi connectivity index (χ2v) is 4.52. The van der Waals surface area contributed by atoms with Crippen LogP contribution >= 0.6 is 27.5 Å². The fourth-order valence-corrected chi connectivity index (χ4v) is 1.89. The van der Waals surface area contributed by atoms with Crippen molar-refractivity contribution in [1.29, 1.82) is 0 Å². The predicted molar refractivity (Wildman–Crippen MR) is 69.1 cm³/mol. The van der Waals surface area contributed by atoms with E-state index in [0.29, 0.717) is 4.47 Å². The fraction of sp³-hybridized carbons (Fsp3) is 0. The largest absolute Gasteiger partial charge is 0.305 e. The molecule has 0 atom stereocenters. The normalized spacial score (nSPS) is 10.2. The Labute approximate surface area is 115 Å². The number of nitrogens with zero attached hydrogens (tertiary/aromatic N) is 2.